The summed E-state index contributed by atoms with van der Waals surface area (Å²) in [4.78, 5) is 12.5. The topological polar surface area (TPSA) is 127 Å². The van der Waals surface area contributed by atoms with Gasteiger partial charge >= 0.3 is 12.1 Å². The highest BCUT2D eigenvalue weighted by molar-refractivity contribution is 7.91. The van der Waals surface area contributed by atoms with Crippen LogP contribution >= 0.6 is 0 Å². The number of pyridine rings is 2. The number of nitriles is 1. The van der Waals surface area contributed by atoms with E-state index in [9.17, 15) is 35.6 Å². The lowest BCUT2D eigenvalue weighted by atomic mass is 10.0. The summed E-state index contributed by atoms with van der Waals surface area (Å²) in [5.41, 5.74) is -1.32. The lowest BCUT2D eigenvalue weighted by Crippen LogP contribution is -2.34. The van der Waals surface area contributed by atoms with Gasteiger partial charge in [-0.3, -0.25) is 9.97 Å². The van der Waals surface area contributed by atoms with Crippen LogP contribution in [0.25, 0.3) is 33.8 Å². The van der Waals surface area contributed by atoms with Crippen LogP contribution in [0.15, 0.2) is 41.6 Å². The Morgan fingerprint density at radius 3 is 2.31 bits per heavy atom. The number of sulfone groups is 1. The SMILES string of the molecule is CCS(=O)(=O)c1cc(-c2ccc(C3(C#N)CC3)nc2)cnc1-c1nc2cc(C(F)(F)C(F)(F)F)nnc2n1C. The van der Waals surface area contributed by atoms with Gasteiger partial charge in [-0.2, -0.15) is 27.2 Å². The van der Waals surface area contributed by atoms with Gasteiger partial charge in [0.1, 0.15) is 16.9 Å². The van der Waals surface area contributed by atoms with Crippen molar-refractivity contribution in [1.82, 2.24) is 29.7 Å². The van der Waals surface area contributed by atoms with Crippen LogP contribution < -0.4 is 0 Å². The van der Waals surface area contributed by atoms with Gasteiger partial charge in [0.25, 0.3) is 0 Å². The number of alkyl halides is 5. The van der Waals surface area contributed by atoms with Gasteiger partial charge in [0, 0.05) is 30.6 Å². The third-order valence-corrected chi connectivity index (χ3v) is 8.37. The monoisotopic (exact) mass is 563 g/mol. The van der Waals surface area contributed by atoms with Gasteiger partial charge < -0.3 is 4.57 Å². The van der Waals surface area contributed by atoms with Gasteiger partial charge in [0.2, 0.25) is 0 Å². The third kappa shape index (κ3) is 4.28. The molecule has 0 aliphatic heterocycles. The van der Waals surface area contributed by atoms with Gasteiger partial charge in [0.15, 0.2) is 21.3 Å². The van der Waals surface area contributed by atoms with E-state index in [1.165, 1.54) is 37.0 Å². The first kappa shape index (κ1) is 26.5. The Kier molecular flexibility index (Phi) is 5.94. The molecular weight excluding hydrogens is 545 g/mol. The Labute approximate surface area is 218 Å². The summed E-state index contributed by atoms with van der Waals surface area (Å²) in [6.45, 7) is 1.42. The molecule has 0 radical (unpaired) electrons. The number of halogens is 5. The van der Waals surface area contributed by atoms with Crippen LogP contribution in [0.5, 0.6) is 0 Å². The van der Waals surface area contributed by atoms with Gasteiger partial charge in [-0.15, -0.1) is 10.2 Å². The molecule has 202 valence electrons. The predicted molar refractivity (Wildman–Crippen MR) is 127 cm³/mol. The first-order chi connectivity index (χ1) is 18.2. The number of rotatable bonds is 6. The Morgan fingerprint density at radius 1 is 1.05 bits per heavy atom. The highest BCUT2D eigenvalue weighted by Gasteiger charge is 2.60. The zero-order valence-electron chi connectivity index (χ0n) is 20.3. The van der Waals surface area contributed by atoms with Gasteiger partial charge in [-0.05, 0) is 31.0 Å². The zero-order chi connectivity index (χ0) is 28.4. The van der Waals surface area contributed by atoms with Crippen molar-refractivity contribution >= 4 is 21.0 Å². The summed E-state index contributed by atoms with van der Waals surface area (Å²) in [6.07, 6.45) is -1.59. The Bertz CT molecular complexity index is 1760. The quantitative estimate of drug-likeness (QED) is 0.314. The average molecular weight is 564 g/mol. The largest absolute Gasteiger partial charge is 0.459 e. The molecular formula is C24H18F5N7O2S. The lowest BCUT2D eigenvalue weighted by molar-refractivity contribution is -0.291. The summed E-state index contributed by atoms with van der Waals surface area (Å²) >= 11 is 0. The molecule has 0 N–H and O–H groups in total. The van der Waals surface area contributed by atoms with Gasteiger partial charge in [-0.1, -0.05) is 13.0 Å². The molecule has 9 nitrogen and oxygen atoms in total. The molecule has 0 amide bonds. The van der Waals surface area contributed by atoms with E-state index in [1.54, 1.807) is 12.1 Å². The number of fused-ring (bicyclic) bond motifs is 1. The molecule has 5 rings (SSSR count). The van der Waals surface area contributed by atoms with E-state index in [2.05, 4.69) is 31.2 Å². The number of aromatic nitrogens is 6. The molecule has 39 heavy (non-hydrogen) atoms. The second-order valence-electron chi connectivity index (χ2n) is 9.11. The number of aryl methyl sites for hydroxylation is 1. The molecule has 1 saturated carbocycles. The van der Waals surface area contributed by atoms with Crippen molar-refractivity contribution in [2.75, 3.05) is 5.75 Å². The minimum Gasteiger partial charge on any atom is -0.309 e. The number of imidazole rings is 1. The Morgan fingerprint density at radius 2 is 1.74 bits per heavy atom. The summed E-state index contributed by atoms with van der Waals surface area (Å²) in [5.74, 6) is -5.69. The fraction of sp³-hybridized carbons (Fsp3) is 0.333. The molecule has 1 fully saturated rings. The molecule has 0 spiro atoms. The molecule has 0 unspecified atom stereocenters. The van der Waals surface area contributed by atoms with E-state index < -0.39 is 33.0 Å². The molecule has 4 heterocycles. The highest BCUT2D eigenvalue weighted by atomic mass is 32.2. The summed E-state index contributed by atoms with van der Waals surface area (Å²) in [7, 11) is -2.54. The molecule has 15 heteroatoms. The van der Waals surface area contributed by atoms with Crippen molar-refractivity contribution in [3.05, 3.63) is 48.0 Å². The normalized spacial score (nSPS) is 15.3. The van der Waals surface area contributed by atoms with Crippen LogP contribution in [0, 0.1) is 11.3 Å². The molecule has 0 bridgehead atoms. The van der Waals surface area contributed by atoms with Gasteiger partial charge in [0.05, 0.1) is 27.8 Å². The minimum absolute atomic E-state index is 0.122. The van der Waals surface area contributed by atoms with Crippen LogP contribution in [0.3, 0.4) is 0 Å². The van der Waals surface area contributed by atoms with Crippen LogP contribution in [-0.4, -0.2) is 50.1 Å². The predicted octanol–water partition coefficient (Wildman–Crippen LogP) is 4.49. The Hall–Kier alpha value is -4.06. The summed E-state index contributed by atoms with van der Waals surface area (Å²) in [6, 6.07) is 7.48. The van der Waals surface area contributed by atoms with Crippen molar-refractivity contribution in [2.45, 2.75) is 42.2 Å². The number of hydrogen-bond donors (Lipinski definition) is 0. The number of nitrogens with zero attached hydrogens (tertiary/aromatic N) is 7. The second-order valence-corrected chi connectivity index (χ2v) is 11.4. The molecule has 4 aromatic rings. The number of hydrogen-bond acceptors (Lipinski definition) is 8. The van der Waals surface area contributed by atoms with Crippen molar-refractivity contribution in [3.63, 3.8) is 0 Å². The van der Waals surface area contributed by atoms with Crippen molar-refractivity contribution in [1.29, 1.82) is 5.26 Å². The molecule has 1 aliphatic rings. The lowest BCUT2D eigenvalue weighted by Gasteiger charge is -2.17. The smallest absolute Gasteiger partial charge is 0.309 e. The van der Waals surface area contributed by atoms with E-state index in [4.69, 9.17) is 0 Å². The molecule has 1 aliphatic carbocycles. The molecule has 0 saturated heterocycles. The van der Waals surface area contributed by atoms with E-state index in [1.807, 2.05) is 0 Å². The maximum atomic E-state index is 13.8. The van der Waals surface area contributed by atoms with Crippen LogP contribution in [0.2, 0.25) is 0 Å². The molecule has 0 aromatic carbocycles. The van der Waals surface area contributed by atoms with Crippen molar-refractivity contribution in [2.24, 2.45) is 7.05 Å². The van der Waals surface area contributed by atoms with E-state index >= 15 is 0 Å². The summed E-state index contributed by atoms with van der Waals surface area (Å²) in [5, 5.41) is 15.9. The van der Waals surface area contributed by atoms with Crippen LogP contribution in [0.1, 0.15) is 31.2 Å². The standard InChI is InChI=1S/C24H18F5N7O2S/c1-3-39(37,38)16-8-14(13-4-5-17(31-10-13)22(12-30)6-7-22)11-32-19(16)21-33-15-9-18(23(25,26)24(27,28)29)34-35-20(15)36(21)2/h4-5,8-11H,3,6-7H2,1-2H3. The first-order valence-electron chi connectivity index (χ1n) is 11.5. The van der Waals surface area contributed by atoms with Crippen LogP contribution in [0.4, 0.5) is 22.0 Å². The fourth-order valence-corrected chi connectivity index (χ4v) is 5.11. The molecule has 0 atom stereocenters. The average Bonchev–Trinajstić information content (AvgIpc) is 3.65. The fourth-order valence-electron chi connectivity index (χ4n) is 4.06. The van der Waals surface area contributed by atoms with E-state index in [0.29, 0.717) is 35.7 Å². The van der Waals surface area contributed by atoms with E-state index in [-0.39, 0.29) is 33.3 Å². The van der Waals surface area contributed by atoms with Crippen molar-refractivity contribution in [3.8, 4) is 28.7 Å². The van der Waals surface area contributed by atoms with Crippen LogP contribution in [-0.2, 0) is 28.2 Å². The summed E-state index contributed by atoms with van der Waals surface area (Å²) < 4.78 is 93.5. The Balaban J connectivity index is 1.62. The zero-order valence-corrected chi connectivity index (χ0v) is 21.1. The van der Waals surface area contributed by atoms with Gasteiger partial charge in [-0.25, -0.2) is 13.4 Å². The highest BCUT2D eigenvalue weighted by Crippen LogP contribution is 2.47. The molecule has 4 aromatic heterocycles. The minimum atomic E-state index is -5.90. The third-order valence-electron chi connectivity index (χ3n) is 6.63. The maximum absolute atomic E-state index is 13.8. The maximum Gasteiger partial charge on any atom is 0.459 e. The first-order valence-corrected chi connectivity index (χ1v) is 13.2. The second kappa shape index (κ2) is 8.73. The van der Waals surface area contributed by atoms with Crippen molar-refractivity contribution < 1.29 is 30.4 Å². The van der Waals surface area contributed by atoms with E-state index in [0.717, 1.165) is 0 Å².